The maximum atomic E-state index is 13.0. The molecule has 94 valence electrons. The maximum absolute atomic E-state index is 13.0. The van der Waals surface area contributed by atoms with Gasteiger partial charge in [-0.05, 0) is 48.9 Å². The Hall–Kier alpha value is -1.06. The average Bonchev–Trinajstić information content (AvgIpc) is 2.34. The van der Waals surface area contributed by atoms with E-state index in [0.29, 0.717) is 21.9 Å². The van der Waals surface area contributed by atoms with Crippen molar-refractivity contribution >= 4 is 27.5 Å². The SMILES string of the molecule is Cc1cc(F)ccc1Oc1ccc(Cl)cc1CBr. The number of hydrogen-bond donors (Lipinski definition) is 0. The second kappa shape index (κ2) is 5.72. The van der Waals surface area contributed by atoms with Gasteiger partial charge >= 0.3 is 0 Å². The van der Waals surface area contributed by atoms with Crippen molar-refractivity contribution in [2.45, 2.75) is 12.3 Å². The Morgan fingerprint density at radius 2 is 1.89 bits per heavy atom. The van der Waals surface area contributed by atoms with Gasteiger partial charge in [0.05, 0.1) is 0 Å². The summed E-state index contributed by atoms with van der Waals surface area (Å²) < 4.78 is 18.8. The van der Waals surface area contributed by atoms with Crippen molar-refractivity contribution in [1.29, 1.82) is 0 Å². The highest BCUT2D eigenvalue weighted by Crippen LogP contribution is 2.31. The van der Waals surface area contributed by atoms with Gasteiger partial charge in [-0.3, -0.25) is 0 Å². The van der Waals surface area contributed by atoms with E-state index in [0.717, 1.165) is 11.1 Å². The molecule has 0 amide bonds. The lowest BCUT2D eigenvalue weighted by Gasteiger charge is -2.12. The van der Waals surface area contributed by atoms with Gasteiger partial charge in [-0.25, -0.2) is 4.39 Å². The van der Waals surface area contributed by atoms with Gasteiger partial charge < -0.3 is 4.74 Å². The smallest absolute Gasteiger partial charge is 0.131 e. The molecule has 0 atom stereocenters. The fourth-order valence-corrected chi connectivity index (χ4v) is 2.23. The third kappa shape index (κ3) is 3.03. The third-order valence-electron chi connectivity index (χ3n) is 2.52. The zero-order chi connectivity index (χ0) is 13.1. The average molecular weight is 330 g/mol. The summed E-state index contributed by atoms with van der Waals surface area (Å²) in [7, 11) is 0. The molecule has 0 radical (unpaired) electrons. The highest BCUT2D eigenvalue weighted by Gasteiger charge is 2.07. The molecule has 2 aromatic rings. The molecule has 18 heavy (non-hydrogen) atoms. The molecule has 0 fully saturated rings. The molecule has 0 saturated heterocycles. The highest BCUT2D eigenvalue weighted by atomic mass is 79.9. The maximum Gasteiger partial charge on any atom is 0.131 e. The molecule has 2 aromatic carbocycles. The lowest BCUT2D eigenvalue weighted by Crippen LogP contribution is -1.92. The highest BCUT2D eigenvalue weighted by molar-refractivity contribution is 9.08. The van der Waals surface area contributed by atoms with Crippen LogP contribution in [0, 0.1) is 12.7 Å². The Morgan fingerprint density at radius 1 is 1.17 bits per heavy atom. The van der Waals surface area contributed by atoms with Gasteiger partial charge in [-0.15, -0.1) is 0 Å². The summed E-state index contributed by atoms with van der Waals surface area (Å²) in [5.41, 5.74) is 1.71. The molecule has 0 spiro atoms. The standard InChI is InChI=1S/C14H11BrClFO/c1-9-6-12(17)3-5-13(9)18-14-4-2-11(16)7-10(14)8-15/h2-7H,8H2,1H3. The molecule has 2 rings (SSSR count). The first-order valence-electron chi connectivity index (χ1n) is 5.38. The summed E-state index contributed by atoms with van der Waals surface area (Å²) in [5, 5.41) is 1.30. The van der Waals surface area contributed by atoms with Crippen molar-refractivity contribution < 1.29 is 9.13 Å². The van der Waals surface area contributed by atoms with Gasteiger partial charge in [0.1, 0.15) is 17.3 Å². The van der Waals surface area contributed by atoms with Crippen LogP contribution in [0.5, 0.6) is 11.5 Å². The number of ether oxygens (including phenoxy) is 1. The molecule has 0 unspecified atom stereocenters. The predicted molar refractivity (Wildman–Crippen MR) is 75.3 cm³/mol. The van der Waals surface area contributed by atoms with Gasteiger partial charge in [0.15, 0.2) is 0 Å². The van der Waals surface area contributed by atoms with Crippen LogP contribution in [0.1, 0.15) is 11.1 Å². The molecule has 0 heterocycles. The van der Waals surface area contributed by atoms with E-state index in [1.54, 1.807) is 12.1 Å². The third-order valence-corrected chi connectivity index (χ3v) is 3.36. The van der Waals surface area contributed by atoms with Crippen LogP contribution in [0.4, 0.5) is 4.39 Å². The van der Waals surface area contributed by atoms with Gasteiger partial charge in [-0.1, -0.05) is 27.5 Å². The fraction of sp³-hybridized carbons (Fsp3) is 0.143. The number of halogens is 3. The Balaban J connectivity index is 2.33. The van der Waals surface area contributed by atoms with Gasteiger partial charge in [0.2, 0.25) is 0 Å². The summed E-state index contributed by atoms with van der Waals surface area (Å²) in [6, 6.07) is 9.86. The first-order valence-corrected chi connectivity index (χ1v) is 6.88. The van der Waals surface area contributed by atoms with Crippen molar-refractivity contribution in [2.75, 3.05) is 0 Å². The van der Waals surface area contributed by atoms with Crippen LogP contribution >= 0.6 is 27.5 Å². The van der Waals surface area contributed by atoms with E-state index < -0.39 is 0 Å². The normalized spacial score (nSPS) is 10.4. The molecule has 0 aliphatic rings. The van der Waals surface area contributed by atoms with Crippen LogP contribution in [-0.4, -0.2) is 0 Å². The summed E-state index contributed by atoms with van der Waals surface area (Å²) in [5.74, 6) is 1.09. The van der Waals surface area contributed by atoms with Gasteiger partial charge in [0, 0.05) is 15.9 Å². The van der Waals surface area contributed by atoms with Crippen molar-refractivity contribution in [3.63, 3.8) is 0 Å². The molecule has 0 bridgehead atoms. The molecular weight excluding hydrogens is 319 g/mol. The zero-order valence-corrected chi connectivity index (χ0v) is 12.1. The fourth-order valence-electron chi connectivity index (χ4n) is 1.60. The van der Waals surface area contributed by atoms with Crippen LogP contribution in [0.3, 0.4) is 0 Å². The number of hydrogen-bond acceptors (Lipinski definition) is 1. The minimum absolute atomic E-state index is 0.267. The van der Waals surface area contributed by atoms with Crippen LogP contribution in [0.2, 0.25) is 5.02 Å². The lowest BCUT2D eigenvalue weighted by molar-refractivity contribution is 0.472. The topological polar surface area (TPSA) is 9.23 Å². The number of rotatable bonds is 3. The Kier molecular flexibility index (Phi) is 4.25. The van der Waals surface area contributed by atoms with E-state index in [9.17, 15) is 4.39 Å². The van der Waals surface area contributed by atoms with Crippen LogP contribution in [-0.2, 0) is 5.33 Å². The summed E-state index contributed by atoms with van der Waals surface area (Å²) in [6.45, 7) is 1.81. The van der Waals surface area contributed by atoms with Crippen LogP contribution < -0.4 is 4.74 Å². The monoisotopic (exact) mass is 328 g/mol. The Bertz CT molecular complexity index is 572. The van der Waals surface area contributed by atoms with E-state index in [1.165, 1.54) is 12.1 Å². The molecular formula is C14H11BrClFO. The molecule has 0 aliphatic heterocycles. The van der Waals surface area contributed by atoms with Crippen LogP contribution in [0.15, 0.2) is 36.4 Å². The molecule has 0 aliphatic carbocycles. The second-order valence-electron chi connectivity index (χ2n) is 3.90. The van der Waals surface area contributed by atoms with Crippen molar-refractivity contribution in [3.05, 3.63) is 58.4 Å². The van der Waals surface area contributed by atoms with E-state index in [-0.39, 0.29) is 5.82 Å². The zero-order valence-electron chi connectivity index (χ0n) is 9.71. The summed E-state index contributed by atoms with van der Waals surface area (Å²) in [6.07, 6.45) is 0. The lowest BCUT2D eigenvalue weighted by atomic mass is 10.2. The first-order chi connectivity index (χ1) is 8.60. The molecule has 0 saturated carbocycles. The molecule has 0 aromatic heterocycles. The van der Waals surface area contributed by atoms with E-state index >= 15 is 0 Å². The summed E-state index contributed by atoms with van der Waals surface area (Å²) >= 11 is 9.31. The second-order valence-corrected chi connectivity index (χ2v) is 4.89. The minimum atomic E-state index is -0.267. The Labute approximate surface area is 119 Å². The van der Waals surface area contributed by atoms with E-state index in [2.05, 4.69) is 15.9 Å². The number of benzene rings is 2. The number of alkyl halides is 1. The largest absolute Gasteiger partial charge is 0.457 e. The van der Waals surface area contributed by atoms with Gasteiger partial charge in [0.25, 0.3) is 0 Å². The molecule has 0 N–H and O–H groups in total. The Morgan fingerprint density at radius 3 is 2.56 bits per heavy atom. The summed E-state index contributed by atoms with van der Waals surface area (Å²) in [4.78, 5) is 0. The van der Waals surface area contributed by atoms with Crippen molar-refractivity contribution in [1.82, 2.24) is 0 Å². The van der Waals surface area contributed by atoms with E-state index in [1.807, 2.05) is 19.1 Å². The van der Waals surface area contributed by atoms with Crippen molar-refractivity contribution in [3.8, 4) is 11.5 Å². The van der Waals surface area contributed by atoms with Crippen LogP contribution in [0.25, 0.3) is 0 Å². The van der Waals surface area contributed by atoms with Gasteiger partial charge in [-0.2, -0.15) is 0 Å². The molecule has 4 heteroatoms. The minimum Gasteiger partial charge on any atom is -0.457 e. The van der Waals surface area contributed by atoms with E-state index in [4.69, 9.17) is 16.3 Å². The quantitative estimate of drug-likeness (QED) is 0.678. The predicted octanol–water partition coefficient (Wildman–Crippen LogP) is 5.47. The van der Waals surface area contributed by atoms with Crippen molar-refractivity contribution in [2.24, 2.45) is 0 Å². The molecule has 1 nitrogen and oxygen atoms in total. The first kappa shape index (κ1) is 13.4. The number of aryl methyl sites for hydroxylation is 1.